The van der Waals surface area contributed by atoms with Gasteiger partial charge in [-0.25, -0.2) is 9.59 Å². The van der Waals surface area contributed by atoms with E-state index in [1.54, 1.807) is 19.2 Å². The summed E-state index contributed by atoms with van der Waals surface area (Å²) in [6.07, 6.45) is 0. The van der Waals surface area contributed by atoms with Crippen molar-refractivity contribution in [3.05, 3.63) is 59.6 Å². The van der Waals surface area contributed by atoms with Crippen LogP contribution in [0.2, 0.25) is 10.0 Å². The Kier molecular flexibility index (Phi) is 4.79. The average Bonchev–Trinajstić information content (AvgIpc) is 3.07. The number of hydrogen-bond acceptors (Lipinski definition) is 6. The van der Waals surface area contributed by atoms with Gasteiger partial charge in [-0.15, -0.1) is 0 Å². The Balaban J connectivity index is 0.000000162. The molecular weight excluding hydrogens is 413 g/mol. The number of anilines is 2. The van der Waals surface area contributed by atoms with Gasteiger partial charge in [-0.1, -0.05) is 23.2 Å². The second-order valence-electron chi connectivity index (χ2n) is 5.64. The first-order valence-corrected chi connectivity index (χ1v) is 8.23. The van der Waals surface area contributed by atoms with Gasteiger partial charge in [-0.05, 0) is 18.2 Å². The predicted molar refractivity (Wildman–Crippen MR) is 103 cm³/mol. The van der Waals surface area contributed by atoms with Crippen molar-refractivity contribution in [3.8, 4) is 0 Å². The molecule has 0 spiro atoms. The summed E-state index contributed by atoms with van der Waals surface area (Å²) >= 11 is 11.5. The number of nitrogens with zero attached hydrogens (tertiary/aromatic N) is 4. The molecule has 1 aliphatic rings. The first-order valence-electron chi connectivity index (χ1n) is 7.47. The average molecular weight is 424 g/mol. The molecule has 2 aromatic carbocycles. The zero-order valence-electron chi connectivity index (χ0n) is 14.1. The number of hydrogen-bond donors (Lipinski definition) is 3. The van der Waals surface area contributed by atoms with Gasteiger partial charge in [0, 0.05) is 12.1 Å². The third kappa shape index (κ3) is 3.28. The molecule has 0 atom stereocenters. The van der Waals surface area contributed by atoms with E-state index in [-0.39, 0.29) is 27.1 Å². The van der Waals surface area contributed by atoms with Gasteiger partial charge in [0.05, 0.1) is 27.0 Å². The van der Waals surface area contributed by atoms with Crippen molar-refractivity contribution in [3.63, 3.8) is 0 Å². The fraction of sp³-hybridized carbons (Fsp3) is 0.0667. The smallest absolute Gasteiger partial charge is 0.368 e. The fourth-order valence-electron chi connectivity index (χ4n) is 2.63. The number of carbonyl (C=O) groups excluding carboxylic acids is 1. The van der Waals surface area contributed by atoms with Gasteiger partial charge in [0.15, 0.2) is 0 Å². The Morgan fingerprint density at radius 1 is 1.14 bits per heavy atom. The Labute approximate surface area is 165 Å². The summed E-state index contributed by atoms with van der Waals surface area (Å²) in [6, 6.07) is 3.76. The maximum atomic E-state index is 11.2. The van der Waals surface area contributed by atoms with E-state index in [1.807, 2.05) is 0 Å². The molecule has 0 unspecified atom stereocenters. The third-order valence-corrected chi connectivity index (χ3v) is 4.39. The molecule has 0 radical (unpaired) electrons. The van der Waals surface area contributed by atoms with Gasteiger partial charge in [-0.3, -0.25) is 14.7 Å². The lowest BCUT2D eigenvalue weighted by molar-refractivity contribution is -0.383. The van der Waals surface area contributed by atoms with E-state index in [2.05, 4.69) is 15.0 Å². The molecule has 28 heavy (non-hydrogen) atoms. The van der Waals surface area contributed by atoms with Crippen molar-refractivity contribution < 1.29 is 9.72 Å². The molecule has 0 saturated carbocycles. The first-order chi connectivity index (χ1) is 13.1. The van der Waals surface area contributed by atoms with Crippen molar-refractivity contribution in [2.45, 2.75) is 0 Å². The number of aromatic amines is 1. The molecule has 0 bridgehead atoms. The van der Waals surface area contributed by atoms with Crippen molar-refractivity contribution in [1.82, 2.24) is 9.55 Å². The quantitative estimate of drug-likeness (QED) is 0.301. The van der Waals surface area contributed by atoms with Gasteiger partial charge < -0.3 is 16.5 Å². The summed E-state index contributed by atoms with van der Waals surface area (Å²) in [4.78, 5) is 41.5. The molecule has 1 aliphatic heterocycles. The molecule has 5 N–H and O–H groups in total. The highest BCUT2D eigenvalue weighted by atomic mass is 35.5. The molecule has 2 heterocycles. The van der Waals surface area contributed by atoms with Crippen LogP contribution in [0.4, 0.5) is 21.9 Å². The van der Waals surface area contributed by atoms with Crippen LogP contribution in [0.5, 0.6) is 0 Å². The number of nitro benzene ring substituents is 1. The number of nitro groups is 1. The molecule has 0 saturated heterocycles. The van der Waals surface area contributed by atoms with Gasteiger partial charge >= 0.3 is 17.4 Å². The maximum absolute atomic E-state index is 11.2. The van der Waals surface area contributed by atoms with Crippen LogP contribution in [0.1, 0.15) is 0 Å². The number of rotatable bonds is 1. The third-order valence-electron chi connectivity index (χ3n) is 3.82. The van der Waals surface area contributed by atoms with E-state index in [4.69, 9.17) is 34.7 Å². The van der Waals surface area contributed by atoms with Crippen LogP contribution in [0.25, 0.3) is 11.0 Å². The number of nitrogen functional groups attached to an aromatic ring is 2. The SMILES string of the molecule is Cn1c(=O)[nH]c2cc(Cl)cc(N)c21.Nc1cc2c(c(Cl)c1[N+](=O)[O-])=NC(=O)N=2. The highest BCUT2D eigenvalue weighted by Crippen LogP contribution is 2.26. The topological polar surface area (TPSA) is 175 Å². The van der Waals surface area contributed by atoms with Crippen LogP contribution in [-0.2, 0) is 7.05 Å². The van der Waals surface area contributed by atoms with E-state index in [1.165, 1.54) is 10.6 Å². The molecule has 3 aromatic rings. The number of carbonyl (C=O) groups is 1. The number of benzene rings is 2. The molecule has 13 heteroatoms. The minimum absolute atomic E-state index is 0.00238. The summed E-state index contributed by atoms with van der Waals surface area (Å²) in [7, 11) is 1.66. The Morgan fingerprint density at radius 3 is 2.46 bits per heavy atom. The van der Waals surface area contributed by atoms with Crippen LogP contribution < -0.4 is 27.9 Å². The van der Waals surface area contributed by atoms with Gasteiger partial charge in [0.25, 0.3) is 0 Å². The lowest BCUT2D eigenvalue weighted by Crippen LogP contribution is -2.24. The lowest BCUT2D eigenvalue weighted by atomic mass is 10.2. The van der Waals surface area contributed by atoms with Crippen molar-refractivity contribution in [2.75, 3.05) is 11.5 Å². The minimum Gasteiger partial charge on any atom is -0.397 e. The van der Waals surface area contributed by atoms with Crippen molar-refractivity contribution >= 4 is 57.3 Å². The summed E-state index contributed by atoms with van der Waals surface area (Å²) in [5.74, 6) is 0. The number of nitrogens with two attached hydrogens (primary N) is 2. The monoisotopic (exact) mass is 423 g/mol. The molecule has 4 rings (SSSR count). The number of amides is 2. The Morgan fingerprint density at radius 2 is 1.82 bits per heavy atom. The number of halogens is 2. The van der Waals surface area contributed by atoms with E-state index in [0.717, 1.165) is 0 Å². The standard InChI is InChI=1S/C8H8ClN3O.C7H3ClN4O3/c1-12-7-5(10)2-4(9)3-6(7)11-8(12)13;8-4-5-3(10-7(13)11-5)1-2(9)6(4)12(14)15/h2-3H,10H2,1H3,(H,11,13);1H,9H2. The van der Waals surface area contributed by atoms with Gasteiger partial charge in [-0.2, -0.15) is 9.98 Å². The molecule has 0 aliphatic carbocycles. The molecular formula is C15H11Cl2N7O4. The van der Waals surface area contributed by atoms with Crippen LogP contribution in [-0.4, -0.2) is 20.5 Å². The maximum Gasteiger partial charge on any atom is 0.368 e. The summed E-state index contributed by atoms with van der Waals surface area (Å²) in [6.45, 7) is 0. The summed E-state index contributed by atoms with van der Waals surface area (Å²) in [5, 5.41) is 11.0. The largest absolute Gasteiger partial charge is 0.397 e. The minimum atomic E-state index is -0.744. The number of fused-ring (bicyclic) bond motifs is 2. The van der Waals surface area contributed by atoms with Crippen LogP contribution in [0.3, 0.4) is 0 Å². The zero-order chi connectivity index (χ0) is 20.7. The molecule has 144 valence electrons. The van der Waals surface area contributed by atoms with Crippen LogP contribution >= 0.6 is 23.2 Å². The number of urea groups is 1. The van der Waals surface area contributed by atoms with Gasteiger partial charge in [0.1, 0.15) is 16.1 Å². The summed E-state index contributed by atoms with van der Waals surface area (Å²) in [5.41, 5.74) is 12.2. The lowest BCUT2D eigenvalue weighted by Gasteiger charge is -1.99. The normalized spacial score (nSPS) is 12.0. The number of imidazole rings is 1. The Hall–Kier alpha value is -3.44. The number of aromatic nitrogens is 2. The molecule has 0 fully saturated rings. The van der Waals surface area contributed by atoms with E-state index < -0.39 is 16.6 Å². The van der Waals surface area contributed by atoms with E-state index in [9.17, 15) is 19.7 Å². The van der Waals surface area contributed by atoms with Crippen molar-refractivity contribution in [2.24, 2.45) is 17.0 Å². The first kappa shape index (κ1) is 19.3. The summed E-state index contributed by atoms with van der Waals surface area (Å²) < 4.78 is 1.46. The number of H-pyrrole nitrogens is 1. The number of nitrogens with one attached hydrogen (secondary N) is 1. The molecule has 2 amide bonds. The Bertz CT molecular complexity index is 1340. The molecule has 1 aromatic heterocycles. The highest BCUT2D eigenvalue weighted by molar-refractivity contribution is 6.33. The highest BCUT2D eigenvalue weighted by Gasteiger charge is 2.22. The fourth-order valence-corrected chi connectivity index (χ4v) is 3.17. The van der Waals surface area contributed by atoms with E-state index in [0.29, 0.717) is 21.7 Å². The predicted octanol–water partition coefficient (Wildman–Crippen LogP) is 1.31. The van der Waals surface area contributed by atoms with Crippen LogP contribution in [0.15, 0.2) is 33.0 Å². The van der Waals surface area contributed by atoms with Crippen molar-refractivity contribution in [1.29, 1.82) is 0 Å². The second-order valence-corrected chi connectivity index (χ2v) is 6.45. The molecule has 11 nitrogen and oxygen atoms in total. The van der Waals surface area contributed by atoms with Crippen LogP contribution in [0, 0.1) is 10.1 Å². The van der Waals surface area contributed by atoms with E-state index >= 15 is 0 Å². The second kappa shape index (κ2) is 6.94. The van der Waals surface area contributed by atoms with Gasteiger partial charge in [0.2, 0.25) is 0 Å². The zero-order valence-corrected chi connectivity index (χ0v) is 15.6. The number of aryl methyl sites for hydroxylation is 1.